The van der Waals surface area contributed by atoms with Crippen molar-refractivity contribution < 1.29 is 4.79 Å². The second kappa shape index (κ2) is 6.80. The fourth-order valence-electron chi connectivity index (χ4n) is 1.36. The van der Waals surface area contributed by atoms with Gasteiger partial charge in [-0.3, -0.25) is 10.1 Å². The molecule has 1 atom stereocenters. The Bertz CT molecular complexity index is 335. The minimum Gasteiger partial charge on any atom is -0.337 e. The van der Waals surface area contributed by atoms with Gasteiger partial charge in [-0.25, -0.2) is 0 Å². The van der Waals surface area contributed by atoms with Crippen LogP contribution in [0, 0.1) is 0 Å². The average Bonchev–Trinajstić information content (AvgIpc) is 2.35. The van der Waals surface area contributed by atoms with E-state index >= 15 is 0 Å². The Morgan fingerprint density at radius 3 is 2.69 bits per heavy atom. The van der Waals surface area contributed by atoms with Crippen molar-refractivity contribution in [1.29, 1.82) is 0 Å². The van der Waals surface area contributed by atoms with Crippen LogP contribution < -0.4 is 10.6 Å². The van der Waals surface area contributed by atoms with Crippen LogP contribution in [0.25, 0.3) is 0 Å². The summed E-state index contributed by atoms with van der Waals surface area (Å²) in [5.41, 5.74) is 1.20. The number of hydrogen-bond donors (Lipinski definition) is 2. The number of carbonyl (C=O) groups excluding carboxylic acids is 1. The second-order valence-corrected chi connectivity index (χ2v) is 3.54. The minimum absolute atomic E-state index is 0.00861. The van der Waals surface area contributed by atoms with Crippen molar-refractivity contribution >= 4 is 5.91 Å². The molecule has 0 spiro atoms. The van der Waals surface area contributed by atoms with Gasteiger partial charge in [0.05, 0.1) is 6.17 Å². The highest BCUT2D eigenvalue weighted by Crippen LogP contribution is 1.98. The van der Waals surface area contributed by atoms with E-state index in [0.29, 0.717) is 0 Å². The highest BCUT2D eigenvalue weighted by Gasteiger charge is 2.06. The zero-order valence-corrected chi connectivity index (χ0v) is 9.57. The molecule has 3 nitrogen and oxygen atoms in total. The van der Waals surface area contributed by atoms with Crippen molar-refractivity contribution in [3.63, 3.8) is 0 Å². The van der Waals surface area contributed by atoms with Gasteiger partial charge in [-0.1, -0.05) is 43.8 Å². The summed E-state index contributed by atoms with van der Waals surface area (Å²) in [6, 6.07) is 10.1. The third-order valence-corrected chi connectivity index (χ3v) is 2.31. The molecular weight excluding hydrogens is 200 g/mol. The highest BCUT2D eigenvalue weighted by molar-refractivity contribution is 5.87. The van der Waals surface area contributed by atoms with Crippen LogP contribution in [-0.2, 0) is 11.3 Å². The quantitative estimate of drug-likeness (QED) is 0.565. The molecular formula is C13H18N2O. The Balaban J connectivity index is 2.40. The largest absolute Gasteiger partial charge is 0.337 e. The molecule has 1 aromatic rings. The first-order valence-electron chi connectivity index (χ1n) is 5.46. The van der Waals surface area contributed by atoms with E-state index in [0.717, 1.165) is 13.0 Å². The molecule has 0 aliphatic carbocycles. The number of hydrogen-bond acceptors (Lipinski definition) is 2. The third-order valence-electron chi connectivity index (χ3n) is 2.31. The van der Waals surface area contributed by atoms with Crippen LogP contribution >= 0.6 is 0 Å². The number of nitrogens with one attached hydrogen (secondary N) is 2. The van der Waals surface area contributed by atoms with E-state index in [-0.39, 0.29) is 12.1 Å². The summed E-state index contributed by atoms with van der Waals surface area (Å²) in [6.07, 6.45) is 2.12. The predicted octanol–water partition coefficient (Wildman–Crippen LogP) is 1.81. The zero-order chi connectivity index (χ0) is 11.8. The maximum absolute atomic E-state index is 11.1. The Morgan fingerprint density at radius 2 is 2.12 bits per heavy atom. The first-order valence-corrected chi connectivity index (χ1v) is 5.46. The van der Waals surface area contributed by atoms with Crippen LogP contribution in [0.5, 0.6) is 0 Å². The normalized spacial score (nSPS) is 11.8. The fourth-order valence-corrected chi connectivity index (χ4v) is 1.36. The minimum atomic E-state index is -0.146. The molecule has 0 saturated heterocycles. The van der Waals surface area contributed by atoms with Crippen molar-refractivity contribution in [2.45, 2.75) is 26.1 Å². The van der Waals surface area contributed by atoms with Gasteiger partial charge < -0.3 is 5.32 Å². The Kier molecular flexibility index (Phi) is 5.29. The van der Waals surface area contributed by atoms with E-state index in [4.69, 9.17) is 0 Å². The van der Waals surface area contributed by atoms with Crippen LogP contribution in [0.1, 0.15) is 18.9 Å². The molecule has 0 aromatic heterocycles. The van der Waals surface area contributed by atoms with Crippen molar-refractivity contribution in [3.8, 4) is 0 Å². The SMILES string of the molecule is C=CC(=O)NC(CC)NCc1ccccc1. The lowest BCUT2D eigenvalue weighted by Crippen LogP contribution is -2.43. The van der Waals surface area contributed by atoms with Gasteiger partial charge >= 0.3 is 0 Å². The molecule has 16 heavy (non-hydrogen) atoms. The maximum Gasteiger partial charge on any atom is 0.244 e. The molecule has 0 heterocycles. The molecule has 0 saturated carbocycles. The van der Waals surface area contributed by atoms with Crippen molar-refractivity contribution in [2.75, 3.05) is 0 Å². The molecule has 1 unspecified atom stereocenters. The summed E-state index contributed by atoms with van der Waals surface area (Å²) in [4.78, 5) is 11.1. The number of amides is 1. The monoisotopic (exact) mass is 218 g/mol. The molecule has 0 bridgehead atoms. The smallest absolute Gasteiger partial charge is 0.244 e. The molecule has 1 aromatic carbocycles. The molecule has 2 N–H and O–H groups in total. The Morgan fingerprint density at radius 1 is 1.44 bits per heavy atom. The van der Waals surface area contributed by atoms with Crippen molar-refractivity contribution in [1.82, 2.24) is 10.6 Å². The van der Waals surface area contributed by atoms with E-state index in [1.807, 2.05) is 25.1 Å². The van der Waals surface area contributed by atoms with Crippen LogP contribution in [0.4, 0.5) is 0 Å². The van der Waals surface area contributed by atoms with Crippen LogP contribution in [-0.4, -0.2) is 12.1 Å². The zero-order valence-electron chi connectivity index (χ0n) is 9.57. The number of rotatable bonds is 6. The van der Waals surface area contributed by atoms with Gasteiger partial charge in [0.2, 0.25) is 5.91 Å². The molecule has 0 aliphatic heterocycles. The van der Waals surface area contributed by atoms with Gasteiger partial charge in [-0.2, -0.15) is 0 Å². The van der Waals surface area contributed by atoms with Crippen molar-refractivity contribution in [2.24, 2.45) is 0 Å². The molecule has 86 valence electrons. The Hall–Kier alpha value is -1.61. The topological polar surface area (TPSA) is 41.1 Å². The molecule has 0 fully saturated rings. The van der Waals surface area contributed by atoms with Crippen LogP contribution in [0.15, 0.2) is 43.0 Å². The van der Waals surface area contributed by atoms with Gasteiger partial charge in [-0.15, -0.1) is 0 Å². The number of benzene rings is 1. The summed E-state index contributed by atoms with van der Waals surface area (Å²) >= 11 is 0. The van der Waals surface area contributed by atoms with E-state index in [9.17, 15) is 4.79 Å². The lowest BCUT2D eigenvalue weighted by atomic mass is 10.2. The van der Waals surface area contributed by atoms with Gasteiger partial charge in [0.15, 0.2) is 0 Å². The average molecular weight is 218 g/mol. The van der Waals surface area contributed by atoms with E-state index in [1.54, 1.807) is 0 Å². The van der Waals surface area contributed by atoms with E-state index in [1.165, 1.54) is 11.6 Å². The van der Waals surface area contributed by atoms with Gasteiger partial charge in [-0.05, 0) is 18.1 Å². The second-order valence-electron chi connectivity index (χ2n) is 3.54. The van der Waals surface area contributed by atoms with E-state index in [2.05, 4.69) is 29.3 Å². The molecule has 3 heteroatoms. The maximum atomic E-state index is 11.1. The van der Waals surface area contributed by atoms with Crippen molar-refractivity contribution in [3.05, 3.63) is 48.6 Å². The predicted molar refractivity (Wildman–Crippen MR) is 65.7 cm³/mol. The van der Waals surface area contributed by atoms with Gasteiger partial charge in [0.1, 0.15) is 0 Å². The van der Waals surface area contributed by atoms with Gasteiger partial charge in [0, 0.05) is 6.54 Å². The molecule has 0 radical (unpaired) electrons. The van der Waals surface area contributed by atoms with E-state index < -0.39 is 0 Å². The summed E-state index contributed by atoms with van der Waals surface area (Å²) in [7, 11) is 0. The first kappa shape index (κ1) is 12.5. The number of carbonyl (C=O) groups is 1. The summed E-state index contributed by atoms with van der Waals surface area (Å²) < 4.78 is 0. The highest BCUT2D eigenvalue weighted by atomic mass is 16.1. The molecule has 1 rings (SSSR count). The lowest BCUT2D eigenvalue weighted by Gasteiger charge is -2.17. The molecule has 0 aliphatic rings. The van der Waals surface area contributed by atoms with Gasteiger partial charge in [0.25, 0.3) is 0 Å². The van der Waals surface area contributed by atoms with Crippen LogP contribution in [0.2, 0.25) is 0 Å². The molecule has 1 amide bonds. The fraction of sp³-hybridized carbons (Fsp3) is 0.308. The summed E-state index contributed by atoms with van der Waals surface area (Å²) in [6.45, 7) is 6.19. The Labute approximate surface area is 96.6 Å². The standard InChI is InChI=1S/C13H18N2O/c1-3-12(15-13(16)4-2)14-10-11-8-6-5-7-9-11/h4-9,12,14H,2-3,10H2,1H3,(H,15,16). The van der Waals surface area contributed by atoms with Crippen LogP contribution in [0.3, 0.4) is 0 Å². The summed E-state index contributed by atoms with van der Waals surface area (Å²) in [5, 5.41) is 6.09. The summed E-state index contributed by atoms with van der Waals surface area (Å²) in [5.74, 6) is -0.146. The first-order chi connectivity index (χ1) is 7.76. The third kappa shape index (κ3) is 4.28. The lowest BCUT2D eigenvalue weighted by molar-refractivity contribution is -0.117.